The number of likely N-dealkylation sites (N-methyl/N-ethyl adjacent to an activating group) is 1. The largest absolute Gasteiger partial charge is 0.377 e. The Bertz CT molecular complexity index is 312. The third-order valence-electron chi connectivity index (χ3n) is 5.05. The van der Waals surface area contributed by atoms with E-state index in [0.29, 0.717) is 18.2 Å². The van der Waals surface area contributed by atoms with E-state index in [4.69, 9.17) is 4.74 Å². The van der Waals surface area contributed by atoms with Crippen LogP contribution >= 0.6 is 0 Å². The first kappa shape index (κ1) is 13.8. The maximum atomic E-state index is 9.37. The van der Waals surface area contributed by atoms with E-state index in [9.17, 15) is 5.26 Å². The molecule has 18 heavy (non-hydrogen) atoms. The number of hydrogen-bond donors (Lipinski definition) is 0. The average Bonchev–Trinajstić information content (AvgIpc) is 2.83. The summed E-state index contributed by atoms with van der Waals surface area (Å²) in [5, 5.41) is 9.37. The van der Waals surface area contributed by atoms with Crippen LogP contribution in [0.1, 0.15) is 46.0 Å². The monoisotopic (exact) mass is 250 g/mol. The Morgan fingerprint density at radius 2 is 2.06 bits per heavy atom. The van der Waals surface area contributed by atoms with Gasteiger partial charge in [-0.3, -0.25) is 4.90 Å². The molecule has 1 heterocycles. The van der Waals surface area contributed by atoms with E-state index in [1.165, 1.54) is 19.3 Å². The number of nitriles is 1. The van der Waals surface area contributed by atoms with Crippen molar-refractivity contribution in [2.24, 2.45) is 11.8 Å². The van der Waals surface area contributed by atoms with Gasteiger partial charge in [-0.05, 0) is 45.6 Å². The Balaban J connectivity index is 2.05. The van der Waals surface area contributed by atoms with E-state index >= 15 is 0 Å². The van der Waals surface area contributed by atoms with E-state index < -0.39 is 0 Å². The molecule has 0 radical (unpaired) electrons. The van der Waals surface area contributed by atoms with Crippen molar-refractivity contribution < 1.29 is 4.74 Å². The molecule has 2 aliphatic rings. The third kappa shape index (κ3) is 2.70. The Kier molecular flexibility index (Phi) is 4.64. The standard InChI is InChI=1S/C15H26N2O/c1-4-12-5-6-13(10-16)15(9-12)17(3)14-7-8-18-11(14)2/h11-15H,4-9H2,1-3H3. The van der Waals surface area contributed by atoms with E-state index in [1.807, 2.05) is 0 Å². The lowest BCUT2D eigenvalue weighted by Crippen LogP contribution is -2.49. The molecule has 0 spiro atoms. The molecule has 5 atom stereocenters. The molecule has 1 aliphatic carbocycles. The van der Waals surface area contributed by atoms with Gasteiger partial charge in [0.2, 0.25) is 0 Å². The van der Waals surface area contributed by atoms with Crippen molar-refractivity contribution >= 4 is 0 Å². The first-order valence-corrected chi connectivity index (χ1v) is 7.40. The van der Waals surface area contributed by atoms with Crippen LogP contribution in [-0.4, -0.2) is 36.7 Å². The summed E-state index contributed by atoms with van der Waals surface area (Å²) >= 11 is 0. The average molecular weight is 250 g/mol. The highest BCUT2D eigenvalue weighted by molar-refractivity contribution is 4.99. The molecule has 5 unspecified atom stereocenters. The van der Waals surface area contributed by atoms with Crippen molar-refractivity contribution in [3.05, 3.63) is 0 Å². The van der Waals surface area contributed by atoms with Crippen molar-refractivity contribution in [1.29, 1.82) is 5.26 Å². The maximum Gasteiger partial charge on any atom is 0.0703 e. The normalized spacial score (nSPS) is 40.9. The second-order valence-corrected chi connectivity index (χ2v) is 5.99. The van der Waals surface area contributed by atoms with Crippen LogP contribution in [0, 0.1) is 23.2 Å². The van der Waals surface area contributed by atoms with Crippen molar-refractivity contribution in [3.8, 4) is 6.07 Å². The second kappa shape index (κ2) is 6.04. The number of hydrogen-bond acceptors (Lipinski definition) is 3. The molecule has 1 aliphatic heterocycles. The molecule has 102 valence electrons. The van der Waals surface area contributed by atoms with Gasteiger partial charge in [-0.15, -0.1) is 0 Å². The van der Waals surface area contributed by atoms with Crippen LogP contribution in [0.4, 0.5) is 0 Å². The number of nitrogens with zero attached hydrogens (tertiary/aromatic N) is 2. The Morgan fingerprint density at radius 1 is 1.28 bits per heavy atom. The summed E-state index contributed by atoms with van der Waals surface area (Å²) in [7, 11) is 2.20. The molecule has 0 aromatic rings. The van der Waals surface area contributed by atoms with Crippen LogP contribution < -0.4 is 0 Å². The molecule has 1 saturated heterocycles. The number of ether oxygens (including phenoxy) is 1. The van der Waals surface area contributed by atoms with Gasteiger partial charge in [-0.1, -0.05) is 13.3 Å². The highest BCUT2D eigenvalue weighted by atomic mass is 16.5. The molecule has 0 amide bonds. The lowest BCUT2D eigenvalue weighted by atomic mass is 9.76. The Labute approximate surface area is 111 Å². The molecule has 2 fully saturated rings. The minimum Gasteiger partial charge on any atom is -0.377 e. The molecule has 1 saturated carbocycles. The molecule has 2 rings (SSSR count). The van der Waals surface area contributed by atoms with Crippen LogP contribution in [0.2, 0.25) is 0 Å². The lowest BCUT2D eigenvalue weighted by molar-refractivity contribution is 0.0389. The SMILES string of the molecule is CCC1CCC(C#N)C(N(C)C2CCOC2C)C1. The zero-order valence-corrected chi connectivity index (χ0v) is 11.9. The minimum atomic E-state index is 0.214. The molecular formula is C15H26N2O. The summed E-state index contributed by atoms with van der Waals surface area (Å²) in [6.45, 7) is 5.31. The number of rotatable bonds is 3. The summed E-state index contributed by atoms with van der Waals surface area (Å²) in [5.41, 5.74) is 0. The topological polar surface area (TPSA) is 36.3 Å². The van der Waals surface area contributed by atoms with E-state index in [-0.39, 0.29) is 5.92 Å². The van der Waals surface area contributed by atoms with Crippen LogP contribution in [0.5, 0.6) is 0 Å². The van der Waals surface area contributed by atoms with Crippen LogP contribution in [0.3, 0.4) is 0 Å². The zero-order chi connectivity index (χ0) is 13.1. The van der Waals surface area contributed by atoms with Crippen LogP contribution in [0.25, 0.3) is 0 Å². The van der Waals surface area contributed by atoms with Crippen molar-refractivity contribution in [2.45, 2.75) is 64.1 Å². The lowest BCUT2D eigenvalue weighted by Gasteiger charge is -2.41. The minimum absolute atomic E-state index is 0.214. The van der Waals surface area contributed by atoms with E-state index in [0.717, 1.165) is 25.4 Å². The fourth-order valence-electron chi connectivity index (χ4n) is 3.70. The van der Waals surface area contributed by atoms with Crippen molar-refractivity contribution in [1.82, 2.24) is 4.90 Å². The zero-order valence-electron chi connectivity index (χ0n) is 11.9. The predicted octanol–water partition coefficient (Wildman–Crippen LogP) is 2.81. The molecule has 0 bridgehead atoms. The van der Waals surface area contributed by atoms with Crippen LogP contribution in [-0.2, 0) is 4.74 Å². The molecule has 0 aromatic carbocycles. The molecule has 0 N–H and O–H groups in total. The van der Waals surface area contributed by atoms with Gasteiger partial charge in [0.25, 0.3) is 0 Å². The fourth-order valence-corrected chi connectivity index (χ4v) is 3.70. The van der Waals surface area contributed by atoms with Crippen LogP contribution in [0.15, 0.2) is 0 Å². The molecule has 0 aromatic heterocycles. The summed E-state index contributed by atoms with van der Waals surface area (Å²) in [6.07, 6.45) is 6.18. The predicted molar refractivity (Wildman–Crippen MR) is 72.1 cm³/mol. The van der Waals surface area contributed by atoms with Gasteiger partial charge in [0.1, 0.15) is 0 Å². The third-order valence-corrected chi connectivity index (χ3v) is 5.05. The molecule has 3 heteroatoms. The second-order valence-electron chi connectivity index (χ2n) is 5.99. The Hall–Kier alpha value is -0.590. The first-order valence-electron chi connectivity index (χ1n) is 7.40. The fraction of sp³-hybridized carbons (Fsp3) is 0.933. The smallest absolute Gasteiger partial charge is 0.0703 e. The first-order chi connectivity index (χ1) is 8.67. The molecular weight excluding hydrogens is 224 g/mol. The summed E-state index contributed by atoms with van der Waals surface area (Å²) in [4.78, 5) is 2.45. The Morgan fingerprint density at radius 3 is 2.61 bits per heavy atom. The van der Waals surface area contributed by atoms with Gasteiger partial charge in [0, 0.05) is 18.7 Å². The van der Waals surface area contributed by atoms with Gasteiger partial charge in [0.05, 0.1) is 18.1 Å². The maximum absolute atomic E-state index is 9.37. The van der Waals surface area contributed by atoms with Gasteiger partial charge in [-0.2, -0.15) is 5.26 Å². The van der Waals surface area contributed by atoms with Gasteiger partial charge >= 0.3 is 0 Å². The summed E-state index contributed by atoms with van der Waals surface area (Å²) in [5.74, 6) is 1.02. The van der Waals surface area contributed by atoms with Gasteiger partial charge in [-0.25, -0.2) is 0 Å². The highest BCUT2D eigenvalue weighted by Crippen LogP contribution is 2.35. The van der Waals surface area contributed by atoms with E-state index in [2.05, 4.69) is 31.9 Å². The quantitative estimate of drug-likeness (QED) is 0.773. The summed E-state index contributed by atoms with van der Waals surface area (Å²) < 4.78 is 5.67. The highest BCUT2D eigenvalue weighted by Gasteiger charge is 2.38. The summed E-state index contributed by atoms with van der Waals surface area (Å²) in [6, 6.07) is 3.47. The van der Waals surface area contributed by atoms with Gasteiger partial charge in [0.15, 0.2) is 0 Å². The van der Waals surface area contributed by atoms with Crippen molar-refractivity contribution in [2.75, 3.05) is 13.7 Å². The van der Waals surface area contributed by atoms with Gasteiger partial charge < -0.3 is 4.74 Å². The van der Waals surface area contributed by atoms with E-state index in [1.54, 1.807) is 0 Å². The van der Waals surface area contributed by atoms with Crippen molar-refractivity contribution in [3.63, 3.8) is 0 Å². The molecule has 3 nitrogen and oxygen atoms in total.